The summed E-state index contributed by atoms with van der Waals surface area (Å²) < 4.78 is 40.9. The molecule has 2 fully saturated rings. The minimum atomic E-state index is -1.66. The minimum Gasteiger partial charge on any atom is -0.418 e. The maximum Gasteiger partial charge on any atom is 0.463 e. The van der Waals surface area contributed by atoms with Gasteiger partial charge in [0.2, 0.25) is 0 Å². The van der Waals surface area contributed by atoms with Crippen molar-refractivity contribution < 1.29 is 27.1 Å². The lowest BCUT2D eigenvalue weighted by Gasteiger charge is -2.46. The van der Waals surface area contributed by atoms with E-state index in [9.17, 15) is 0 Å². The van der Waals surface area contributed by atoms with E-state index < -0.39 is 17.2 Å². The van der Waals surface area contributed by atoms with Gasteiger partial charge in [0.1, 0.15) is 11.5 Å². The normalized spacial score (nSPS) is 16.6. The molecule has 8 heteroatoms. The van der Waals surface area contributed by atoms with Crippen molar-refractivity contribution in [2.75, 3.05) is 13.2 Å². The smallest absolute Gasteiger partial charge is 0.418 e. The van der Waals surface area contributed by atoms with Crippen molar-refractivity contribution in [1.29, 1.82) is 0 Å². The highest BCUT2D eigenvalue weighted by Gasteiger charge is 2.42. The molecule has 0 heterocycles. The predicted molar refractivity (Wildman–Crippen MR) is 454 cm³/mol. The fourth-order valence-corrected chi connectivity index (χ4v) is 19.2. The molecule has 0 amide bonds. The summed E-state index contributed by atoms with van der Waals surface area (Å²) in [5, 5.41) is 0. The number of hydrogen-bond donors (Lipinski definition) is 0. The Kier molecular flexibility index (Phi) is 62.8. The Labute approximate surface area is 645 Å². The van der Waals surface area contributed by atoms with Gasteiger partial charge in [0, 0.05) is 0 Å². The second-order valence-corrected chi connectivity index (χ2v) is 36.1. The molecule has 0 unspecified atom stereocenters. The number of aryl methyl sites for hydroxylation is 2. The third-order valence-corrected chi connectivity index (χ3v) is 26.6. The van der Waals surface area contributed by atoms with E-state index in [-0.39, 0.29) is 17.6 Å². The highest BCUT2D eigenvalue weighted by atomic mass is 31.2. The van der Waals surface area contributed by atoms with Gasteiger partial charge in [-0.3, -0.25) is 4.52 Å². The van der Waals surface area contributed by atoms with Crippen molar-refractivity contribution in [3.8, 4) is 11.5 Å². The van der Waals surface area contributed by atoms with Crippen LogP contribution in [0.4, 0.5) is 0 Å². The molecule has 2 saturated carbocycles. The van der Waals surface area contributed by atoms with Gasteiger partial charge in [-0.25, -0.2) is 0 Å². The number of unbranched alkanes of at least 4 members (excludes halogenated alkanes) is 56. The second-order valence-electron chi connectivity index (χ2n) is 33.9. The third kappa shape index (κ3) is 52.5. The van der Waals surface area contributed by atoms with Gasteiger partial charge in [-0.15, -0.1) is 0 Å². The van der Waals surface area contributed by atoms with Gasteiger partial charge in [-0.1, -0.05) is 425 Å². The molecule has 2 aliphatic rings. The molecule has 0 saturated heterocycles. The van der Waals surface area contributed by atoms with Crippen LogP contribution < -0.4 is 9.05 Å². The standard InChI is InChI=1S/C95H174O6P2/c1-7-11-15-19-23-27-31-35-39-43-47-51-55-59-63-69-87-71-67-73-93(85-87)100-103(101-94-74-68-72-88(86-94)70-64-60-56-52-48-44-40-36-32-28-24-20-16-12-8-2)99-92-81-77-90(78-82-92)95(5,6)89-75-79-91(80-76-89)98-102(96-83-65-61-57-53-49-45-41-37-33-29-25-21-17-13-9-3)97-84-66-62-58-54-50-46-42-38-34-30-26-22-18-14-10-4/h67-68,71-74,85-86,89-92H,7-66,69-70,75-84H2,1-6H3. The number of benzene rings is 2. The van der Waals surface area contributed by atoms with E-state index in [2.05, 4.69) is 90.1 Å². The van der Waals surface area contributed by atoms with Crippen LogP contribution in [0.5, 0.6) is 11.5 Å². The van der Waals surface area contributed by atoms with Gasteiger partial charge in [-0.2, -0.15) is 0 Å². The fraction of sp³-hybridized carbons (Fsp3) is 0.874. The molecular weight excluding hydrogens is 1300 g/mol. The Morgan fingerprint density at radius 3 is 0.748 bits per heavy atom. The zero-order valence-electron chi connectivity index (χ0n) is 69.7. The molecule has 2 aromatic carbocycles. The van der Waals surface area contributed by atoms with Crippen molar-refractivity contribution >= 4 is 17.2 Å². The van der Waals surface area contributed by atoms with Gasteiger partial charge in [0.15, 0.2) is 0 Å². The molecule has 0 spiro atoms. The Morgan fingerprint density at radius 1 is 0.272 bits per heavy atom. The lowest BCUT2D eigenvalue weighted by molar-refractivity contribution is 0.00530. The van der Waals surface area contributed by atoms with Crippen molar-refractivity contribution in [2.45, 2.75) is 503 Å². The molecular formula is C95H174O6P2. The van der Waals surface area contributed by atoms with E-state index >= 15 is 0 Å². The van der Waals surface area contributed by atoms with Gasteiger partial charge < -0.3 is 22.6 Å². The zero-order chi connectivity index (χ0) is 73.1. The van der Waals surface area contributed by atoms with E-state index in [0.717, 1.165) is 76.1 Å². The molecule has 0 atom stereocenters. The number of rotatable bonds is 76. The largest absolute Gasteiger partial charge is 0.463 e. The van der Waals surface area contributed by atoms with Gasteiger partial charge in [-0.05, 0) is 143 Å². The average Bonchev–Trinajstić information content (AvgIpc) is 0.803. The fourth-order valence-electron chi connectivity index (χ4n) is 16.9. The van der Waals surface area contributed by atoms with Crippen molar-refractivity contribution in [3.63, 3.8) is 0 Å². The van der Waals surface area contributed by atoms with Crippen LogP contribution in [0, 0.1) is 17.3 Å². The average molecular weight is 1470 g/mol. The zero-order valence-corrected chi connectivity index (χ0v) is 71.5. The Balaban J connectivity index is 1.23. The molecule has 103 heavy (non-hydrogen) atoms. The maximum atomic E-state index is 7.07. The summed E-state index contributed by atoms with van der Waals surface area (Å²) >= 11 is 0. The SMILES string of the molecule is CCCCCCCCCCCCCCCCCOP(OCCCCCCCCCCCCCCCCC)OC1CCC(C(C)(C)C2CCC(OP(Oc3cccc(CCCCCCCCCCCCCCCCC)c3)Oc3cccc(CCCCCCCCCCCCCCCCC)c3)CC2)CC1. The highest BCUT2D eigenvalue weighted by Crippen LogP contribution is 2.53. The molecule has 4 rings (SSSR count). The molecule has 0 N–H and O–H groups in total. The van der Waals surface area contributed by atoms with Gasteiger partial charge in [0.25, 0.3) is 0 Å². The first kappa shape index (κ1) is 94.1. The topological polar surface area (TPSA) is 55.4 Å². The lowest BCUT2D eigenvalue weighted by atomic mass is 9.60. The summed E-state index contributed by atoms with van der Waals surface area (Å²) in [6, 6.07) is 17.7. The van der Waals surface area contributed by atoms with Crippen LogP contribution in [0.15, 0.2) is 48.5 Å². The molecule has 0 aromatic heterocycles. The van der Waals surface area contributed by atoms with Crippen LogP contribution in [-0.2, 0) is 30.9 Å². The Bertz CT molecular complexity index is 1970. The van der Waals surface area contributed by atoms with Crippen molar-refractivity contribution in [3.05, 3.63) is 59.7 Å². The summed E-state index contributed by atoms with van der Waals surface area (Å²) in [7, 11) is -2.98. The quantitative estimate of drug-likeness (QED) is 0.0486. The van der Waals surface area contributed by atoms with Crippen LogP contribution in [0.1, 0.15) is 489 Å². The molecule has 600 valence electrons. The lowest BCUT2D eigenvalue weighted by Crippen LogP contribution is -2.38. The van der Waals surface area contributed by atoms with Crippen LogP contribution in [-0.4, -0.2) is 25.4 Å². The van der Waals surface area contributed by atoms with E-state index in [1.54, 1.807) is 0 Å². The molecule has 0 bridgehead atoms. The summed E-state index contributed by atoms with van der Waals surface area (Å²) in [5.41, 5.74) is 2.97. The first-order chi connectivity index (χ1) is 50.8. The van der Waals surface area contributed by atoms with Crippen LogP contribution >= 0.6 is 17.2 Å². The highest BCUT2D eigenvalue weighted by molar-refractivity contribution is 7.42. The molecule has 0 radical (unpaired) electrons. The summed E-state index contributed by atoms with van der Waals surface area (Å²) in [4.78, 5) is 0. The number of hydrogen-bond acceptors (Lipinski definition) is 6. The van der Waals surface area contributed by atoms with Crippen molar-refractivity contribution in [2.24, 2.45) is 17.3 Å². The Morgan fingerprint density at radius 2 is 0.495 bits per heavy atom. The van der Waals surface area contributed by atoms with Crippen LogP contribution in [0.25, 0.3) is 0 Å². The van der Waals surface area contributed by atoms with Crippen LogP contribution in [0.2, 0.25) is 0 Å². The summed E-state index contributed by atoms with van der Waals surface area (Å²) in [6.07, 6.45) is 94.8. The van der Waals surface area contributed by atoms with E-state index in [1.807, 2.05) is 0 Å². The van der Waals surface area contributed by atoms with E-state index in [1.165, 1.54) is 409 Å². The Hall–Kier alpha value is -1.26. The van der Waals surface area contributed by atoms with E-state index in [4.69, 9.17) is 27.1 Å². The van der Waals surface area contributed by atoms with Gasteiger partial charge in [0.05, 0.1) is 25.4 Å². The van der Waals surface area contributed by atoms with E-state index in [0.29, 0.717) is 11.8 Å². The van der Waals surface area contributed by atoms with Crippen molar-refractivity contribution in [1.82, 2.24) is 0 Å². The first-order valence-corrected chi connectivity index (χ1v) is 48.8. The van der Waals surface area contributed by atoms with Crippen LogP contribution in [0.3, 0.4) is 0 Å². The predicted octanol–water partition coefficient (Wildman–Crippen LogP) is 34.4. The molecule has 2 aliphatic carbocycles. The minimum absolute atomic E-state index is 0.122. The summed E-state index contributed by atoms with van der Waals surface area (Å²) in [5.74, 6) is 3.11. The monoisotopic (exact) mass is 1470 g/mol. The second kappa shape index (κ2) is 68.7. The van der Waals surface area contributed by atoms with Gasteiger partial charge >= 0.3 is 17.2 Å². The molecule has 0 aliphatic heterocycles. The third-order valence-electron chi connectivity index (χ3n) is 24.1. The first-order valence-electron chi connectivity index (χ1n) is 46.6. The molecule has 2 aromatic rings. The maximum absolute atomic E-state index is 7.07. The molecule has 6 nitrogen and oxygen atoms in total. The summed E-state index contributed by atoms with van der Waals surface area (Å²) in [6.45, 7) is 16.0.